The van der Waals surface area contributed by atoms with E-state index in [9.17, 15) is 4.79 Å². The van der Waals surface area contributed by atoms with Gasteiger partial charge in [-0.1, -0.05) is 0 Å². The summed E-state index contributed by atoms with van der Waals surface area (Å²) in [5.41, 5.74) is 1.22. The number of benzene rings is 1. The zero-order chi connectivity index (χ0) is 15.7. The van der Waals surface area contributed by atoms with E-state index in [1.54, 1.807) is 19.2 Å². The monoisotopic (exact) mass is 303 g/mol. The molecule has 1 aromatic carbocycles. The average molecular weight is 303 g/mol. The van der Waals surface area contributed by atoms with E-state index in [1.165, 1.54) is 0 Å². The van der Waals surface area contributed by atoms with Gasteiger partial charge >= 0.3 is 5.63 Å². The molecule has 118 valence electrons. The molecular weight excluding hydrogens is 282 g/mol. The molecule has 0 spiro atoms. The quantitative estimate of drug-likeness (QED) is 0.815. The van der Waals surface area contributed by atoms with Crippen LogP contribution in [0.15, 0.2) is 33.5 Å². The molecule has 22 heavy (non-hydrogen) atoms. The lowest BCUT2D eigenvalue weighted by molar-refractivity contribution is -0.0704. The minimum absolute atomic E-state index is 0.204. The van der Waals surface area contributed by atoms with Crippen molar-refractivity contribution in [3.05, 3.63) is 40.2 Å². The maximum atomic E-state index is 11.8. The topological polar surface area (TPSA) is 51.9 Å². The summed E-state index contributed by atoms with van der Waals surface area (Å²) in [4.78, 5) is 14.1. The molecule has 2 atom stereocenters. The number of rotatable bonds is 3. The van der Waals surface area contributed by atoms with Crippen molar-refractivity contribution in [2.75, 3.05) is 20.2 Å². The van der Waals surface area contributed by atoms with Gasteiger partial charge in [0.05, 0.1) is 19.3 Å². The maximum absolute atomic E-state index is 11.8. The third-order valence-electron chi connectivity index (χ3n) is 3.93. The molecule has 5 nitrogen and oxygen atoms in total. The van der Waals surface area contributed by atoms with Crippen molar-refractivity contribution in [1.82, 2.24) is 4.90 Å². The highest BCUT2D eigenvalue weighted by Crippen LogP contribution is 2.24. The Morgan fingerprint density at radius 1 is 1.23 bits per heavy atom. The summed E-state index contributed by atoms with van der Waals surface area (Å²) in [5.74, 6) is 0.682. The summed E-state index contributed by atoms with van der Waals surface area (Å²) in [6.07, 6.45) is 0.408. The fraction of sp³-hybridized carbons (Fsp3) is 0.471. The van der Waals surface area contributed by atoms with Gasteiger partial charge < -0.3 is 13.9 Å². The normalized spacial score (nSPS) is 22.9. The van der Waals surface area contributed by atoms with Gasteiger partial charge in [-0.05, 0) is 31.5 Å². The summed E-state index contributed by atoms with van der Waals surface area (Å²) in [7, 11) is 1.60. The SMILES string of the molecule is COc1ccc2c(CN3C[C@H](C)O[C@@H](C)C3)cc(=O)oc2c1. The summed E-state index contributed by atoms with van der Waals surface area (Å²) in [6, 6.07) is 7.17. The Labute approximate surface area is 129 Å². The van der Waals surface area contributed by atoms with Crippen LogP contribution in [0, 0.1) is 0 Å². The molecular formula is C17H21NO4. The van der Waals surface area contributed by atoms with E-state index in [4.69, 9.17) is 13.9 Å². The van der Waals surface area contributed by atoms with Gasteiger partial charge in [-0.15, -0.1) is 0 Å². The van der Waals surface area contributed by atoms with E-state index in [0.717, 1.165) is 24.0 Å². The third kappa shape index (κ3) is 3.15. The van der Waals surface area contributed by atoms with Crippen LogP contribution in [-0.2, 0) is 11.3 Å². The van der Waals surface area contributed by atoms with E-state index in [1.807, 2.05) is 12.1 Å². The van der Waals surface area contributed by atoms with Crippen molar-refractivity contribution in [2.24, 2.45) is 0 Å². The Morgan fingerprint density at radius 3 is 2.64 bits per heavy atom. The second-order valence-electron chi connectivity index (χ2n) is 5.90. The molecule has 1 aromatic heterocycles. The van der Waals surface area contributed by atoms with Crippen molar-refractivity contribution in [3.8, 4) is 5.75 Å². The van der Waals surface area contributed by atoms with Gasteiger partial charge in [0, 0.05) is 37.2 Å². The first-order valence-corrected chi connectivity index (χ1v) is 7.53. The summed E-state index contributed by atoms with van der Waals surface area (Å²) < 4.78 is 16.2. The zero-order valence-electron chi connectivity index (χ0n) is 13.2. The first-order valence-electron chi connectivity index (χ1n) is 7.53. The highest BCUT2D eigenvalue weighted by molar-refractivity contribution is 5.81. The summed E-state index contributed by atoms with van der Waals surface area (Å²) >= 11 is 0. The van der Waals surface area contributed by atoms with E-state index in [0.29, 0.717) is 17.9 Å². The molecule has 2 aromatic rings. The standard InChI is InChI=1S/C17H21NO4/c1-11-8-18(9-12(2)21-11)10-13-6-17(19)22-16-7-14(20-3)4-5-15(13)16/h4-7,11-12H,8-10H2,1-3H3/t11-,12-/m0/s1. The van der Waals surface area contributed by atoms with E-state index in [2.05, 4.69) is 18.7 Å². The fourth-order valence-electron chi connectivity index (χ4n) is 3.12. The Bertz CT molecular complexity index is 714. The Morgan fingerprint density at radius 2 is 1.95 bits per heavy atom. The second kappa shape index (κ2) is 6.10. The van der Waals surface area contributed by atoms with Gasteiger partial charge in [-0.3, -0.25) is 4.90 Å². The van der Waals surface area contributed by atoms with Gasteiger partial charge in [0.15, 0.2) is 0 Å². The second-order valence-corrected chi connectivity index (χ2v) is 5.90. The average Bonchev–Trinajstić information content (AvgIpc) is 2.45. The van der Waals surface area contributed by atoms with Gasteiger partial charge in [-0.2, -0.15) is 0 Å². The predicted octanol–water partition coefficient (Wildman–Crippen LogP) is 2.41. The predicted molar refractivity (Wildman–Crippen MR) is 84.3 cm³/mol. The Balaban J connectivity index is 1.94. The lowest BCUT2D eigenvalue weighted by atomic mass is 10.1. The molecule has 0 unspecified atom stereocenters. The lowest BCUT2D eigenvalue weighted by Crippen LogP contribution is -2.44. The van der Waals surface area contributed by atoms with Crippen molar-refractivity contribution in [1.29, 1.82) is 0 Å². The molecule has 3 rings (SSSR count). The van der Waals surface area contributed by atoms with Crippen LogP contribution >= 0.6 is 0 Å². The number of morpholine rings is 1. The maximum Gasteiger partial charge on any atom is 0.336 e. The van der Waals surface area contributed by atoms with Gasteiger partial charge in [0.25, 0.3) is 0 Å². The van der Waals surface area contributed by atoms with Crippen LogP contribution in [0.4, 0.5) is 0 Å². The largest absolute Gasteiger partial charge is 0.497 e. The highest BCUT2D eigenvalue weighted by atomic mass is 16.5. The number of hydrogen-bond donors (Lipinski definition) is 0. The van der Waals surface area contributed by atoms with Crippen molar-refractivity contribution < 1.29 is 13.9 Å². The molecule has 0 aliphatic carbocycles. The van der Waals surface area contributed by atoms with Crippen molar-refractivity contribution >= 4 is 11.0 Å². The number of nitrogens with zero attached hydrogens (tertiary/aromatic N) is 1. The molecule has 0 saturated carbocycles. The fourth-order valence-corrected chi connectivity index (χ4v) is 3.12. The molecule has 1 aliphatic rings. The minimum Gasteiger partial charge on any atom is -0.497 e. The van der Waals surface area contributed by atoms with Crippen LogP contribution in [0.25, 0.3) is 11.0 Å². The van der Waals surface area contributed by atoms with Gasteiger partial charge in [0.1, 0.15) is 11.3 Å². The molecule has 5 heteroatoms. The molecule has 1 fully saturated rings. The smallest absolute Gasteiger partial charge is 0.336 e. The van der Waals surface area contributed by atoms with Crippen LogP contribution < -0.4 is 10.4 Å². The Kier molecular flexibility index (Phi) is 4.18. The highest BCUT2D eigenvalue weighted by Gasteiger charge is 2.23. The number of fused-ring (bicyclic) bond motifs is 1. The first-order chi connectivity index (χ1) is 10.5. The number of methoxy groups -OCH3 is 1. The zero-order valence-corrected chi connectivity index (χ0v) is 13.2. The van der Waals surface area contributed by atoms with E-state index in [-0.39, 0.29) is 17.8 Å². The summed E-state index contributed by atoms with van der Waals surface area (Å²) in [6.45, 7) is 6.59. The molecule has 0 radical (unpaired) electrons. The molecule has 0 amide bonds. The van der Waals surface area contributed by atoms with Crippen molar-refractivity contribution in [3.63, 3.8) is 0 Å². The van der Waals surface area contributed by atoms with Crippen LogP contribution in [0.1, 0.15) is 19.4 Å². The Hall–Kier alpha value is -1.85. The van der Waals surface area contributed by atoms with E-state index >= 15 is 0 Å². The third-order valence-corrected chi connectivity index (χ3v) is 3.93. The van der Waals surface area contributed by atoms with Crippen LogP contribution in [-0.4, -0.2) is 37.3 Å². The molecule has 1 saturated heterocycles. The number of hydrogen-bond acceptors (Lipinski definition) is 5. The minimum atomic E-state index is -0.329. The first kappa shape index (κ1) is 15.1. The molecule has 0 N–H and O–H groups in total. The van der Waals surface area contributed by atoms with Crippen molar-refractivity contribution in [2.45, 2.75) is 32.6 Å². The summed E-state index contributed by atoms with van der Waals surface area (Å²) in [5, 5.41) is 0.951. The van der Waals surface area contributed by atoms with Gasteiger partial charge in [-0.25, -0.2) is 4.79 Å². The lowest BCUT2D eigenvalue weighted by Gasteiger charge is -2.35. The van der Waals surface area contributed by atoms with E-state index < -0.39 is 0 Å². The van der Waals surface area contributed by atoms with Gasteiger partial charge in [0.2, 0.25) is 0 Å². The molecule has 2 heterocycles. The van der Waals surface area contributed by atoms with Crippen LogP contribution in [0.3, 0.4) is 0 Å². The van der Waals surface area contributed by atoms with Crippen LogP contribution in [0.5, 0.6) is 5.75 Å². The molecule has 1 aliphatic heterocycles. The number of ether oxygens (including phenoxy) is 2. The van der Waals surface area contributed by atoms with Crippen LogP contribution in [0.2, 0.25) is 0 Å². The molecule has 0 bridgehead atoms.